The summed E-state index contributed by atoms with van der Waals surface area (Å²) in [6.07, 6.45) is -0.474. The molecule has 1 amide bonds. The quantitative estimate of drug-likeness (QED) is 0.814. The Bertz CT molecular complexity index is 321. The number of hydrogen-bond donors (Lipinski definition) is 1. The Morgan fingerprint density at radius 3 is 2.87 bits per heavy atom. The molecule has 1 N–H and O–H groups in total. The maximum absolute atomic E-state index is 11.3. The number of rotatable bonds is 4. The fourth-order valence-electron chi connectivity index (χ4n) is 1.11. The summed E-state index contributed by atoms with van der Waals surface area (Å²) < 4.78 is 10.0. The number of hydrogen-bond acceptors (Lipinski definition) is 4. The highest BCUT2D eigenvalue weighted by Crippen LogP contribution is 2.08. The molecule has 0 aromatic carbocycles. The molecule has 0 unspecified atom stereocenters. The van der Waals surface area contributed by atoms with Gasteiger partial charge in [-0.2, -0.15) is 0 Å². The van der Waals surface area contributed by atoms with Gasteiger partial charge in [-0.25, -0.2) is 4.79 Å². The van der Waals surface area contributed by atoms with Gasteiger partial charge >= 0.3 is 6.09 Å². The van der Waals surface area contributed by atoms with Crippen molar-refractivity contribution in [3.63, 3.8) is 0 Å². The van der Waals surface area contributed by atoms with E-state index in [1.54, 1.807) is 7.05 Å². The van der Waals surface area contributed by atoms with Crippen LogP contribution in [-0.2, 0) is 11.3 Å². The number of carbonyl (C=O) groups is 1. The molecule has 15 heavy (non-hydrogen) atoms. The van der Waals surface area contributed by atoms with Gasteiger partial charge in [-0.1, -0.05) is 0 Å². The highest BCUT2D eigenvalue weighted by molar-refractivity contribution is 5.67. The van der Waals surface area contributed by atoms with Crippen LogP contribution in [0.5, 0.6) is 0 Å². The maximum atomic E-state index is 11.3. The number of aliphatic hydroxyl groups excluding tert-OH is 1. The third-order valence-corrected chi connectivity index (χ3v) is 1.82. The van der Waals surface area contributed by atoms with Crippen molar-refractivity contribution in [2.24, 2.45) is 0 Å². The molecule has 0 spiro atoms. The molecule has 1 heterocycles. The number of carbonyl (C=O) groups excluding carboxylic acids is 1. The smallest absolute Gasteiger partial charge is 0.409 e. The summed E-state index contributed by atoms with van der Waals surface area (Å²) in [6, 6.07) is 3.65. The van der Waals surface area contributed by atoms with Crippen LogP contribution in [-0.4, -0.2) is 36.4 Å². The largest absolute Gasteiger partial charge is 0.464 e. The second kappa shape index (κ2) is 5.41. The lowest BCUT2D eigenvalue weighted by molar-refractivity contribution is 0.0876. The van der Waals surface area contributed by atoms with Crippen LogP contribution < -0.4 is 0 Å². The van der Waals surface area contributed by atoms with Crippen molar-refractivity contribution in [3.8, 4) is 0 Å². The minimum absolute atomic E-state index is 0.0142. The molecule has 0 saturated carbocycles. The van der Waals surface area contributed by atoms with Crippen LogP contribution in [0.1, 0.15) is 11.5 Å². The van der Waals surface area contributed by atoms with Crippen molar-refractivity contribution < 1.29 is 19.1 Å². The zero-order valence-electron chi connectivity index (χ0n) is 8.90. The van der Waals surface area contributed by atoms with E-state index < -0.39 is 6.09 Å². The minimum Gasteiger partial charge on any atom is -0.464 e. The SMILES string of the molecule is Cc1ccc(CN(C)C(=O)OCCO)o1. The monoisotopic (exact) mass is 213 g/mol. The molecule has 0 aliphatic rings. The van der Waals surface area contributed by atoms with E-state index >= 15 is 0 Å². The molecule has 0 aliphatic heterocycles. The van der Waals surface area contributed by atoms with Gasteiger partial charge in [0.15, 0.2) is 0 Å². The summed E-state index contributed by atoms with van der Waals surface area (Å²) in [5.41, 5.74) is 0. The van der Waals surface area contributed by atoms with E-state index in [4.69, 9.17) is 14.3 Å². The van der Waals surface area contributed by atoms with Crippen LogP contribution in [0.2, 0.25) is 0 Å². The summed E-state index contributed by atoms with van der Waals surface area (Å²) in [7, 11) is 1.61. The minimum atomic E-state index is -0.474. The Morgan fingerprint density at radius 2 is 2.33 bits per heavy atom. The van der Waals surface area contributed by atoms with Crippen molar-refractivity contribution >= 4 is 6.09 Å². The van der Waals surface area contributed by atoms with Crippen LogP contribution in [0.25, 0.3) is 0 Å². The lowest BCUT2D eigenvalue weighted by Crippen LogP contribution is -2.27. The van der Waals surface area contributed by atoms with Crippen molar-refractivity contribution in [2.75, 3.05) is 20.3 Å². The van der Waals surface area contributed by atoms with Crippen LogP contribution >= 0.6 is 0 Å². The van der Waals surface area contributed by atoms with Gasteiger partial charge in [0.1, 0.15) is 18.1 Å². The fourth-order valence-corrected chi connectivity index (χ4v) is 1.11. The second-order valence-corrected chi connectivity index (χ2v) is 3.21. The van der Waals surface area contributed by atoms with Gasteiger partial charge in [0, 0.05) is 7.05 Å². The van der Waals surface area contributed by atoms with Gasteiger partial charge in [-0.15, -0.1) is 0 Å². The second-order valence-electron chi connectivity index (χ2n) is 3.21. The molecule has 0 fully saturated rings. The Balaban J connectivity index is 2.41. The van der Waals surface area contributed by atoms with Crippen molar-refractivity contribution in [2.45, 2.75) is 13.5 Å². The Labute approximate surface area is 88.2 Å². The maximum Gasteiger partial charge on any atom is 0.409 e. The van der Waals surface area contributed by atoms with Gasteiger partial charge in [0.2, 0.25) is 0 Å². The molecule has 0 bridgehead atoms. The summed E-state index contributed by atoms with van der Waals surface area (Å²) in [5.74, 6) is 1.51. The van der Waals surface area contributed by atoms with Gasteiger partial charge in [-0.05, 0) is 19.1 Å². The van der Waals surface area contributed by atoms with E-state index in [0.717, 1.165) is 5.76 Å². The summed E-state index contributed by atoms with van der Waals surface area (Å²) >= 11 is 0. The number of ether oxygens (including phenoxy) is 1. The number of aliphatic hydroxyl groups is 1. The van der Waals surface area contributed by atoms with Gasteiger partial charge in [0.25, 0.3) is 0 Å². The molecule has 1 aromatic rings. The Kier molecular flexibility index (Phi) is 4.17. The first-order valence-corrected chi connectivity index (χ1v) is 4.67. The van der Waals surface area contributed by atoms with Crippen molar-refractivity contribution in [1.29, 1.82) is 0 Å². The first kappa shape index (κ1) is 11.6. The number of furan rings is 1. The zero-order chi connectivity index (χ0) is 11.3. The highest BCUT2D eigenvalue weighted by Gasteiger charge is 2.11. The lowest BCUT2D eigenvalue weighted by Gasteiger charge is -2.14. The van der Waals surface area contributed by atoms with E-state index in [9.17, 15) is 4.79 Å². The molecular weight excluding hydrogens is 198 g/mol. The average molecular weight is 213 g/mol. The van der Waals surface area contributed by atoms with E-state index in [1.807, 2.05) is 19.1 Å². The standard InChI is InChI=1S/C10H15NO4/c1-8-3-4-9(15-8)7-11(2)10(13)14-6-5-12/h3-4,12H,5-7H2,1-2H3. The van der Waals surface area contributed by atoms with Gasteiger partial charge in [-0.3, -0.25) is 0 Å². The molecule has 0 saturated heterocycles. The van der Waals surface area contributed by atoms with Crippen LogP contribution in [0.3, 0.4) is 0 Å². The van der Waals surface area contributed by atoms with Crippen LogP contribution in [0.15, 0.2) is 16.5 Å². The van der Waals surface area contributed by atoms with Crippen molar-refractivity contribution in [1.82, 2.24) is 4.90 Å². The van der Waals surface area contributed by atoms with Gasteiger partial charge in [0.05, 0.1) is 13.2 Å². The zero-order valence-corrected chi connectivity index (χ0v) is 8.90. The number of nitrogens with zero attached hydrogens (tertiary/aromatic N) is 1. The molecule has 0 radical (unpaired) electrons. The van der Waals surface area contributed by atoms with E-state index in [0.29, 0.717) is 12.3 Å². The van der Waals surface area contributed by atoms with Crippen LogP contribution in [0, 0.1) is 6.92 Å². The number of aryl methyl sites for hydroxylation is 1. The highest BCUT2D eigenvalue weighted by atomic mass is 16.6. The molecule has 84 valence electrons. The third kappa shape index (κ3) is 3.63. The predicted octanol–water partition coefficient (Wildman–Crippen LogP) is 1.15. The molecule has 1 aromatic heterocycles. The molecule has 5 heteroatoms. The topological polar surface area (TPSA) is 62.9 Å². The fraction of sp³-hybridized carbons (Fsp3) is 0.500. The molecular formula is C10H15NO4. The summed E-state index contributed by atoms with van der Waals surface area (Å²) in [6.45, 7) is 2.05. The molecule has 0 atom stereocenters. The molecule has 1 rings (SSSR count). The first-order chi connectivity index (χ1) is 7.13. The lowest BCUT2D eigenvalue weighted by atomic mass is 10.4. The first-order valence-electron chi connectivity index (χ1n) is 4.67. The van der Waals surface area contributed by atoms with Gasteiger partial charge < -0.3 is 19.2 Å². The Morgan fingerprint density at radius 1 is 1.60 bits per heavy atom. The molecule has 0 aliphatic carbocycles. The third-order valence-electron chi connectivity index (χ3n) is 1.82. The van der Waals surface area contributed by atoms with E-state index in [1.165, 1.54) is 4.90 Å². The average Bonchev–Trinajstić information content (AvgIpc) is 2.60. The summed E-state index contributed by atoms with van der Waals surface area (Å²) in [5, 5.41) is 8.48. The van der Waals surface area contributed by atoms with Crippen molar-refractivity contribution in [3.05, 3.63) is 23.7 Å². The van der Waals surface area contributed by atoms with E-state index in [-0.39, 0.29) is 13.2 Å². The van der Waals surface area contributed by atoms with E-state index in [2.05, 4.69) is 0 Å². The Hall–Kier alpha value is -1.49. The molecule has 5 nitrogen and oxygen atoms in total. The summed E-state index contributed by atoms with van der Waals surface area (Å²) in [4.78, 5) is 12.6. The number of amides is 1. The van der Waals surface area contributed by atoms with Crippen LogP contribution in [0.4, 0.5) is 4.79 Å². The normalized spacial score (nSPS) is 10.1. The predicted molar refractivity (Wildman–Crippen MR) is 53.3 cm³/mol.